The second-order valence-corrected chi connectivity index (χ2v) is 7.92. The molecule has 0 aromatic heterocycles. The van der Waals surface area contributed by atoms with Gasteiger partial charge >= 0.3 is 0 Å². The SMILES string of the molecule is CP(=O)([O-])OP(=O)([O-])OP([O-])(O)=S. The minimum absolute atomic E-state index is 0.451. The Morgan fingerprint density at radius 3 is 1.85 bits per heavy atom. The fraction of sp³-hybridized carbons (Fsp3) is 1.00. The molecule has 0 rings (SSSR count). The van der Waals surface area contributed by atoms with Crippen LogP contribution in [0.25, 0.3) is 0 Å². The topological polar surface area (TPSA) is 142 Å². The summed E-state index contributed by atoms with van der Waals surface area (Å²) in [6.07, 6.45) is 0. The van der Waals surface area contributed by atoms with E-state index in [4.69, 9.17) is 4.89 Å². The highest BCUT2D eigenvalue weighted by atomic mass is 32.5. The molecule has 0 heterocycles. The molecule has 3 atom stereocenters. The van der Waals surface area contributed by atoms with Gasteiger partial charge < -0.3 is 24.1 Å². The number of rotatable bonds is 4. The van der Waals surface area contributed by atoms with Crippen LogP contribution in [-0.4, -0.2) is 11.6 Å². The van der Waals surface area contributed by atoms with Crippen LogP contribution in [0.1, 0.15) is 0 Å². The van der Waals surface area contributed by atoms with Crippen molar-refractivity contribution < 1.29 is 37.3 Å². The van der Waals surface area contributed by atoms with Crippen molar-refractivity contribution >= 4 is 33.9 Å². The van der Waals surface area contributed by atoms with Crippen molar-refractivity contribution in [2.75, 3.05) is 6.66 Å². The van der Waals surface area contributed by atoms with Gasteiger partial charge in [-0.25, -0.2) is 0 Å². The Hall–Kier alpha value is 0.870. The van der Waals surface area contributed by atoms with Gasteiger partial charge in [0.25, 0.3) is 7.82 Å². The van der Waals surface area contributed by atoms with E-state index < -0.39 is 22.1 Å². The molecule has 0 aliphatic heterocycles. The van der Waals surface area contributed by atoms with Crippen LogP contribution in [0.2, 0.25) is 0 Å². The van der Waals surface area contributed by atoms with E-state index in [0.717, 1.165) is 0 Å². The maximum atomic E-state index is 10.5. The van der Waals surface area contributed by atoms with Crippen LogP contribution in [0.15, 0.2) is 0 Å². The molecular weight excluding hydrogens is 265 g/mol. The van der Waals surface area contributed by atoms with Crippen molar-refractivity contribution in [3.8, 4) is 0 Å². The van der Waals surface area contributed by atoms with Crippen molar-refractivity contribution in [2.45, 2.75) is 0 Å². The largest absolute Gasteiger partial charge is 0.780 e. The molecule has 0 aromatic rings. The van der Waals surface area contributed by atoms with Crippen LogP contribution in [0.4, 0.5) is 0 Å². The zero-order chi connectivity index (χ0) is 10.9. The van der Waals surface area contributed by atoms with Crippen molar-refractivity contribution in [3.05, 3.63) is 0 Å². The van der Waals surface area contributed by atoms with Crippen molar-refractivity contribution in [3.63, 3.8) is 0 Å². The average Bonchev–Trinajstić information content (AvgIpc) is 1.43. The first-order chi connectivity index (χ1) is 5.41. The first kappa shape index (κ1) is 13.9. The van der Waals surface area contributed by atoms with E-state index in [0.29, 0.717) is 6.66 Å². The first-order valence-corrected chi connectivity index (χ1v) is 8.51. The minimum Gasteiger partial charge on any atom is -0.780 e. The normalized spacial score (nSPS) is 25.6. The monoisotopic (exact) mass is 269 g/mol. The highest BCUT2D eigenvalue weighted by Gasteiger charge is 2.17. The molecule has 12 heteroatoms. The summed E-state index contributed by atoms with van der Waals surface area (Å²) in [5.41, 5.74) is 0. The Bertz CT molecular complexity index is 281. The standard InChI is InChI=1S/CH7O8P3S/c1-10(2,3)8-11(4,5)9-12(6,7)13/h1H3,(H,2,3)(H,4,5)(H2,6,7,13)/p-3. The summed E-state index contributed by atoms with van der Waals surface area (Å²) in [4.78, 5) is 39.2. The van der Waals surface area contributed by atoms with Crippen LogP contribution >= 0.6 is 22.1 Å². The van der Waals surface area contributed by atoms with E-state index >= 15 is 0 Å². The maximum Gasteiger partial charge on any atom is 0.277 e. The smallest absolute Gasteiger partial charge is 0.277 e. The molecule has 0 amide bonds. The Labute approximate surface area is 78.5 Å². The Kier molecular flexibility index (Phi) is 4.44. The summed E-state index contributed by atoms with van der Waals surface area (Å²) in [6.45, 7) is -4.30. The molecule has 80 valence electrons. The van der Waals surface area contributed by atoms with Crippen molar-refractivity contribution in [1.82, 2.24) is 0 Å². The lowest BCUT2D eigenvalue weighted by molar-refractivity contribution is -0.235. The van der Waals surface area contributed by atoms with Gasteiger partial charge in [0.05, 0.1) is 0 Å². The number of hydrogen-bond donors (Lipinski definition) is 1. The Morgan fingerprint density at radius 2 is 1.62 bits per heavy atom. The molecule has 0 saturated heterocycles. The molecule has 0 spiro atoms. The van der Waals surface area contributed by atoms with E-state index in [1.165, 1.54) is 0 Å². The summed E-state index contributed by atoms with van der Waals surface area (Å²) in [7, 11) is -9.98. The third-order valence-corrected chi connectivity index (χ3v) is 4.66. The predicted molar refractivity (Wildman–Crippen MR) is 39.8 cm³/mol. The molecule has 3 unspecified atom stereocenters. The number of phosphoric acid groups is 1. The van der Waals surface area contributed by atoms with Gasteiger partial charge in [-0.15, -0.1) is 0 Å². The number of hydrogen-bond acceptors (Lipinski definition) is 8. The molecule has 1 N–H and O–H groups in total. The third kappa shape index (κ3) is 9.18. The summed E-state index contributed by atoms with van der Waals surface area (Å²) in [5.74, 6) is 0. The molecular formula is CH4O8P3S-3. The molecule has 0 aromatic carbocycles. The fourth-order valence-corrected chi connectivity index (χ4v) is 3.91. The van der Waals surface area contributed by atoms with Gasteiger partial charge in [-0.2, -0.15) is 0 Å². The van der Waals surface area contributed by atoms with Crippen LogP contribution < -0.4 is 14.7 Å². The van der Waals surface area contributed by atoms with E-state index in [2.05, 4.69) is 20.4 Å². The summed E-state index contributed by atoms with van der Waals surface area (Å²) >= 11 is 3.67. The molecule has 0 aliphatic rings. The van der Waals surface area contributed by atoms with Crippen molar-refractivity contribution in [1.29, 1.82) is 0 Å². The van der Waals surface area contributed by atoms with Gasteiger partial charge in [0.1, 0.15) is 14.3 Å². The lowest BCUT2D eigenvalue weighted by atomic mass is 12.0. The van der Waals surface area contributed by atoms with Crippen LogP contribution in [-0.2, 0) is 29.6 Å². The van der Waals surface area contributed by atoms with Gasteiger partial charge in [-0.05, 0) is 0 Å². The maximum absolute atomic E-state index is 10.5. The first-order valence-electron chi connectivity index (χ1n) is 2.47. The van der Waals surface area contributed by atoms with Gasteiger partial charge in [0.2, 0.25) is 0 Å². The second kappa shape index (κ2) is 4.16. The molecule has 0 aliphatic carbocycles. The van der Waals surface area contributed by atoms with Crippen molar-refractivity contribution in [2.24, 2.45) is 0 Å². The lowest BCUT2D eigenvalue weighted by Crippen LogP contribution is -2.13. The molecule has 0 saturated carbocycles. The average molecular weight is 269 g/mol. The summed E-state index contributed by atoms with van der Waals surface area (Å²) < 4.78 is 27.5. The van der Waals surface area contributed by atoms with E-state index in [9.17, 15) is 23.8 Å². The van der Waals surface area contributed by atoms with Gasteiger partial charge in [-0.1, -0.05) is 11.8 Å². The molecule has 0 radical (unpaired) electrons. The van der Waals surface area contributed by atoms with Crippen LogP contribution in [0.3, 0.4) is 0 Å². The Balaban J connectivity index is 4.54. The Morgan fingerprint density at radius 1 is 1.23 bits per heavy atom. The second-order valence-electron chi connectivity index (χ2n) is 1.85. The fourth-order valence-electron chi connectivity index (χ4n) is 0.323. The van der Waals surface area contributed by atoms with E-state index in [-0.39, 0.29) is 0 Å². The minimum atomic E-state index is -5.38. The molecule has 8 nitrogen and oxygen atoms in total. The zero-order valence-corrected chi connectivity index (χ0v) is 9.55. The highest BCUT2D eigenvalue weighted by Crippen LogP contribution is 2.59. The molecule has 0 bridgehead atoms. The summed E-state index contributed by atoms with van der Waals surface area (Å²) in [5, 5.41) is 0. The van der Waals surface area contributed by atoms with Gasteiger partial charge in [-0.3, -0.25) is 13.2 Å². The summed E-state index contributed by atoms with van der Waals surface area (Å²) in [6, 6.07) is 0. The predicted octanol–water partition coefficient (Wildman–Crippen LogP) is -1.75. The van der Waals surface area contributed by atoms with Crippen LogP contribution in [0.5, 0.6) is 0 Å². The molecule has 13 heavy (non-hydrogen) atoms. The van der Waals surface area contributed by atoms with Crippen LogP contribution in [0, 0.1) is 0 Å². The highest BCUT2D eigenvalue weighted by molar-refractivity contribution is 8.07. The van der Waals surface area contributed by atoms with Gasteiger partial charge in [0.15, 0.2) is 0 Å². The third-order valence-electron chi connectivity index (χ3n) is 0.451. The lowest BCUT2D eigenvalue weighted by Gasteiger charge is -2.33. The zero-order valence-electron chi connectivity index (χ0n) is 6.05. The molecule has 0 fully saturated rings. The quantitative estimate of drug-likeness (QED) is 0.587. The van der Waals surface area contributed by atoms with E-state index in [1.807, 2.05) is 0 Å². The van der Waals surface area contributed by atoms with Gasteiger partial charge in [0, 0.05) is 6.66 Å². The van der Waals surface area contributed by atoms with E-state index in [1.54, 1.807) is 0 Å².